The van der Waals surface area contributed by atoms with Crippen LogP contribution in [0.3, 0.4) is 0 Å². The van der Waals surface area contributed by atoms with Crippen LogP contribution in [0.2, 0.25) is 0 Å². The molecular formula is C11H14N6O. The van der Waals surface area contributed by atoms with E-state index in [0.29, 0.717) is 24.0 Å². The molecule has 18 heavy (non-hydrogen) atoms. The van der Waals surface area contributed by atoms with Crippen LogP contribution in [0, 0.1) is 5.92 Å². The first-order valence-corrected chi connectivity index (χ1v) is 5.63. The van der Waals surface area contributed by atoms with Gasteiger partial charge in [-0.2, -0.15) is 5.10 Å². The molecule has 7 heteroatoms. The number of nitrogens with zero attached hydrogens (tertiary/aromatic N) is 5. The summed E-state index contributed by atoms with van der Waals surface area (Å²) in [5.41, 5.74) is 0.291. The van der Waals surface area contributed by atoms with Crippen molar-refractivity contribution in [2.45, 2.75) is 13.8 Å². The minimum absolute atomic E-state index is 0.221. The van der Waals surface area contributed by atoms with E-state index in [9.17, 15) is 4.79 Å². The maximum absolute atomic E-state index is 11.7. The topological polar surface area (TPSA) is 85.6 Å². The second kappa shape index (κ2) is 5.35. The van der Waals surface area contributed by atoms with E-state index in [2.05, 4.69) is 25.6 Å². The van der Waals surface area contributed by atoms with Gasteiger partial charge in [-0.15, -0.1) is 10.2 Å². The van der Waals surface area contributed by atoms with Crippen LogP contribution in [0.4, 0.5) is 0 Å². The molecule has 0 aliphatic carbocycles. The minimum atomic E-state index is -0.221. The van der Waals surface area contributed by atoms with E-state index in [-0.39, 0.29) is 5.91 Å². The highest BCUT2D eigenvalue weighted by Crippen LogP contribution is 2.01. The molecule has 0 atom stereocenters. The van der Waals surface area contributed by atoms with Crippen molar-refractivity contribution in [3.63, 3.8) is 0 Å². The van der Waals surface area contributed by atoms with Crippen molar-refractivity contribution in [3.8, 4) is 5.82 Å². The highest BCUT2D eigenvalue weighted by molar-refractivity contribution is 5.92. The molecule has 0 bridgehead atoms. The average Bonchev–Trinajstić information content (AvgIpc) is 2.90. The van der Waals surface area contributed by atoms with Gasteiger partial charge >= 0.3 is 0 Å². The predicted octanol–water partition coefficient (Wildman–Crippen LogP) is 0.443. The van der Waals surface area contributed by atoms with Gasteiger partial charge in [0.1, 0.15) is 12.7 Å². The summed E-state index contributed by atoms with van der Waals surface area (Å²) in [6.07, 6.45) is 2.92. The molecule has 2 heterocycles. The van der Waals surface area contributed by atoms with Gasteiger partial charge in [0, 0.05) is 6.54 Å². The minimum Gasteiger partial charge on any atom is -0.350 e. The fourth-order valence-electron chi connectivity index (χ4n) is 1.28. The molecular weight excluding hydrogens is 232 g/mol. The van der Waals surface area contributed by atoms with E-state index >= 15 is 0 Å². The lowest BCUT2D eigenvalue weighted by atomic mass is 10.2. The number of hydrogen-bond donors (Lipinski definition) is 1. The SMILES string of the molecule is CC(C)CNC(=O)c1ccc(-n2cncn2)nn1. The number of hydrogen-bond acceptors (Lipinski definition) is 5. The fourth-order valence-corrected chi connectivity index (χ4v) is 1.28. The lowest BCUT2D eigenvalue weighted by molar-refractivity contribution is 0.0943. The number of rotatable bonds is 4. The van der Waals surface area contributed by atoms with Gasteiger partial charge in [0.15, 0.2) is 11.5 Å². The number of aromatic nitrogens is 5. The van der Waals surface area contributed by atoms with Gasteiger partial charge in [-0.05, 0) is 18.1 Å². The first-order valence-electron chi connectivity index (χ1n) is 5.63. The van der Waals surface area contributed by atoms with Crippen LogP contribution in [-0.4, -0.2) is 37.4 Å². The van der Waals surface area contributed by atoms with Gasteiger partial charge in [-0.1, -0.05) is 13.8 Å². The molecule has 2 aromatic heterocycles. The Kier molecular flexibility index (Phi) is 3.61. The van der Waals surface area contributed by atoms with Gasteiger partial charge in [-0.3, -0.25) is 4.79 Å². The largest absolute Gasteiger partial charge is 0.350 e. The summed E-state index contributed by atoms with van der Waals surface area (Å²) >= 11 is 0. The van der Waals surface area contributed by atoms with Crippen molar-refractivity contribution >= 4 is 5.91 Å². The normalized spacial score (nSPS) is 10.6. The Balaban J connectivity index is 2.06. The Labute approximate surface area is 104 Å². The summed E-state index contributed by atoms with van der Waals surface area (Å²) < 4.78 is 1.48. The average molecular weight is 246 g/mol. The van der Waals surface area contributed by atoms with E-state index in [4.69, 9.17) is 0 Å². The van der Waals surface area contributed by atoms with Crippen LogP contribution in [-0.2, 0) is 0 Å². The van der Waals surface area contributed by atoms with Crippen LogP contribution in [0.15, 0.2) is 24.8 Å². The first kappa shape index (κ1) is 12.2. The molecule has 0 fully saturated rings. The fraction of sp³-hybridized carbons (Fsp3) is 0.364. The van der Waals surface area contributed by atoms with Crippen molar-refractivity contribution in [1.82, 2.24) is 30.3 Å². The second-order valence-electron chi connectivity index (χ2n) is 4.22. The third kappa shape index (κ3) is 2.88. The summed E-state index contributed by atoms with van der Waals surface area (Å²) in [7, 11) is 0. The van der Waals surface area contributed by atoms with Crippen LogP contribution in [0.1, 0.15) is 24.3 Å². The lowest BCUT2D eigenvalue weighted by Crippen LogP contribution is -2.28. The van der Waals surface area contributed by atoms with E-state index in [1.54, 1.807) is 12.1 Å². The van der Waals surface area contributed by atoms with E-state index in [0.717, 1.165) is 0 Å². The van der Waals surface area contributed by atoms with Gasteiger partial charge in [0.2, 0.25) is 0 Å². The van der Waals surface area contributed by atoms with Crippen molar-refractivity contribution in [2.75, 3.05) is 6.54 Å². The molecule has 2 aromatic rings. The van der Waals surface area contributed by atoms with E-state index < -0.39 is 0 Å². The third-order valence-corrected chi connectivity index (χ3v) is 2.21. The summed E-state index contributed by atoms with van der Waals surface area (Å²) in [5.74, 6) is 0.700. The third-order valence-electron chi connectivity index (χ3n) is 2.21. The summed E-state index contributed by atoms with van der Waals surface area (Å²) in [5, 5.41) is 14.5. The molecule has 0 saturated carbocycles. The number of carbonyl (C=O) groups is 1. The van der Waals surface area contributed by atoms with Crippen molar-refractivity contribution in [1.29, 1.82) is 0 Å². The molecule has 0 unspecified atom stereocenters. The smallest absolute Gasteiger partial charge is 0.271 e. The van der Waals surface area contributed by atoms with Crippen molar-refractivity contribution in [3.05, 3.63) is 30.5 Å². The quantitative estimate of drug-likeness (QED) is 0.846. The van der Waals surface area contributed by atoms with Gasteiger partial charge in [0.25, 0.3) is 5.91 Å². The zero-order chi connectivity index (χ0) is 13.0. The summed E-state index contributed by atoms with van der Waals surface area (Å²) in [6, 6.07) is 3.28. The van der Waals surface area contributed by atoms with Crippen molar-refractivity contribution < 1.29 is 4.79 Å². The van der Waals surface area contributed by atoms with Crippen LogP contribution in [0.25, 0.3) is 5.82 Å². The van der Waals surface area contributed by atoms with Crippen molar-refractivity contribution in [2.24, 2.45) is 5.92 Å². The first-order chi connectivity index (χ1) is 8.66. The number of amides is 1. The molecule has 0 aliphatic heterocycles. The van der Waals surface area contributed by atoms with E-state index in [1.165, 1.54) is 17.3 Å². The molecule has 0 radical (unpaired) electrons. The Morgan fingerprint density at radius 2 is 2.22 bits per heavy atom. The Morgan fingerprint density at radius 3 is 2.78 bits per heavy atom. The van der Waals surface area contributed by atoms with Crippen LogP contribution in [0.5, 0.6) is 0 Å². The molecule has 0 spiro atoms. The zero-order valence-corrected chi connectivity index (χ0v) is 10.2. The van der Waals surface area contributed by atoms with E-state index in [1.807, 2.05) is 13.8 Å². The second-order valence-corrected chi connectivity index (χ2v) is 4.22. The molecule has 2 rings (SSSR count). The maximum atomic E-state index is 11.7. The zero-order valence-electron chi connectivity index (χ0n) is 10.2. The van der Waals surface area contributed by atoms with Crippen LogP contribution >= 0.6 is 0 Å². The molecule has 0 aromatic carbocycles. The molecule has 7 nitrogen and oxygen atoms in total. The van der Waals surface area contributed by atoms with Crippen LogP contribution < -0.4 is 5.32 Å². The summed E-state index contributed by atoms with van der Waals surface area (Å²) in [4.78, 5) is 15.5. The highest BCUT2D eigenvalue weighted by atomic mass is 16.1. The molecule has 1 N–H and O–H groups in total. The summed E-state index contributed by atoms with van der Waals surface area (Å²) in [6.45, 7) is 4.67. The Morgan fingerprint density at radius 1 is 1.39 bits per heavy atom. The molecule has 0 aliphatic rings. The van der Waals surface area contributed by atoms with Gasteiger partial charge < -0.3 is 5.32 Å². The Bertz CT molecular complexity index is 505. The highest BCUT2D eigenvalue weighted by Gasteiger charge is 2.09. The molecule has 0 saturated heterocycles. The predicted molar refractivity (Wildman–Crippen MR) is 64.1 cm³/mol. The molecule has 94 valence electrons. The lowest BCUT2D eigenvalue weighted by Gasteiger charge is -2.06. The maximum Gasteiger partial charge on any atom is 0.271 e. The monoisotopic (exact) mass is 246 g/mol. The van der Waals surface area contributed by atoms with Gasteiger partial charge in [0.05, 0.1) is 0 Å². The number of nitrogens with one attached hydrogen (secondary N) is 1. The Hall–Kier alpha value is -2.31. The standard InChI is InChI=1S/C11H14N6O/c1-8(2)5-13-11(18)9-3-4-10(16-15-9)17-7-12-6-14-17/h3-4,6-8H,5H2,1-2H3,(H,13,18). The van der Waals surface area contributed by atoms with Gasteiger partial charge in [-0.25, -0.2) is 9.67 Å². The molecule has 1 amide bonds. The number of carbonyl (C=O) groups excluding carboxylic acids is 1.